The van der Waals surface area contributed by atoms with Crippen LogP contribution in [0, 0.1) is 16.0 Å². The van der Waals surface area contributed by atoms with Crippen LogP contribution >= 0.6 is 0 Å². The minimum absolute atomic E-state index is 0.111. The van der Waals surface area contributed by atoms with Crippen molar-refractivity contribution in [3.63, 3.8) is 0 Å². The molecule has 1 aliphatic rings. The third-order valence-electron chi connectivity index (χ3n) is 3.49. The van der Waals surface area contributed by atoms with Crippen molar-refractivity contribution in [3.05, 3.63) is 33.9 Å². The summed E-state index contributed by atoms with van der Waals surface area (Å²) < 4.78 is 39.3. The van der Waals surface area contributed by atoms with Crippen LogP contribution in [0.3, 0.4) is 0 Å². The van der Waals surface area contributed by atoms with E-state index in [0.717, 1.165) is 18.4 Å². The summed E-state index contributed by atoms with van der Waals surface area (Å²) in [5.41, 5.74) is -1.75. The van der Waals surface area contributed by atoms with Gasteiger partial charge in [-0.05, 0) is 18.9 Å². The molecule has 1 saturated heterocycles. The summed E-state index contributed by atoms with van der Waals surface area (Å²) in [7, 11) is 0. The van der Waals surface area contributed by atoms with Gasteiger partial charge in [0.25, 0.3) is 5.69 Å². The number of carbonyl (C=O) groups is 1. The van der Waals surface area contributed by atoms with Crippen molar-refractivity contribution in [1.82, 2.24) is 0 Å². The lowest BCUT2D eigenvalue weighted by atomic mass is 9.98. The van der Waals surface area contributed by atoms with Gasteiger partial charge in [0.15, 0.2) is 0 Å². The number of piperidine rings is 1. The zero-order valence-electron chi connectivity index (χ0n) is 11.0. The lowest BCUT2D eigenvalue weighted by Gasteiger charge is -2.33. The molecule has 2 rings (SSSR count). The van der Waals surface area contributed by atoms with Crippen molar-refractivity contribution in [2.45, 2.75) is 19.0 Å². The molecule has 21 heavy (non-hydrogen) atoms. The van der Waals surface area contributed by atoms with Crippen molar-refractivity contribution in [3.8, 4) is 0 Å². The third-order valence-corrected chi connectivity index (χ3v) is 3.49. The Morgan fingerprint density at radius 3 is 2.67 bits per heavy atom. The van der Waals surface area contributed by atoms with Crippen LogP contribution in [0.25, 0.3) is 0 Å². The van der Waals surface area contributed by atoms with Crippen molar-refractivity contribution < 1.29 is 22.9 Å². The fourth-order valence-corrected chi connectivity index (χ4v) is 2.48. The van der Waals surface area contributed by atoms with Gasteiger partial charge in [-0.15, -0.1) is 0 Å². The number of rotatable bonds is 3. The maximum absolute atomic E-state index is 13.1. The molecule has 0 radical (unpaired) electrons. The summed E-state index contributed by atoms with van der Waals surface area (Å²) in [5, 5.41) is 10.6. The van der Waals surface area contributed by atoms with Gasteiger partial charge in [-0.2, -0.15) is 13.2 Å². The number of hydrogen-bond acceptors (Lipinski definition) is 4. The molecule has 1 aromatic rings. The van der Waals surface area contributed by atoms with Gasteiger partial charge in [0.2, 0.25) is 0 Å². The minimum atomic E-state index is -4.69. The Morgan fingerprint density at radius 1 is 1.38 bits per heavy atom. The van der Waals surface area contributed by atoms with E-state index in [9.17, 15) is 28.1 Å². The molecule has 1 aliphatic heterocycles. The molecule has 0 bridgehead atoms. The number of halogens is 3. The van der Waals surface area contributed by atoms with Crippen LogP contribution < -0.4 is 4.90 Å². The number of nitro groups is 1. The van der Waals surface area contributed by atoms with Crippen LogP contribution in [-0.4, -0.2) is 24.3 Å². The molecule has 1 aromatic carbocycles. The van der Waals surface area contributed by atoms with E-state index in [1.165, 1.54) is 4.90 Å². The molecule has 0 aromatic heterocycles. The average molecular weight is 302 g/mol. The van der Waals surface area contributed by atoms with E-state index in [0.29, 0.717) is 25.5 Å². The van der Waals surface area contributed by atoms with E-state index >= 15 is 0 Å². The van der Waals surface area contributed by atoms with Crippen LogP contribution in [0.15, 0.2) is 18.2 Å². The molecule has 0 aliphatic carbocycles. The topological polar surface area (TPSA) is 63.5 Å². The number of aldehydes is 1. The highest BCUT2D eigenvalue weighted by Crippen LogP contribution is 2.39. The van der Waals surface area contributed by atoms with Gasteiger partial charge in [0.05, 0.1) is 10.5 Å². The number of benzene rings is 1. The first-order valence-electron chi connectivity index (χ1n) is 6.39. The molecule has 0 N–H and O–H groups in total. The van der Waals surface area contributed by atoms with Gasteiger partial charge in [0, 0.05) is 36.8 Å². The second-order valence-electron chi connectivity index (χ2n) is 4.94. The van der Waals surface area contributed by atoms with Crippen molar-refractivity contribution in [1.29, 1.82) is 0 Å². The SMILES string of the molecule is O=CC1CCCN(c2ccc([N+](=O)[O-])cc2C(F)(F)F)C1. The molecule has 0 spiro atoms. The van der Waals surface area contributed by atoms with Crippen molar-refractivity contribution in [2.24, 2.45) is 5.92 Å². The molecule has 1 unspecified atom stereocenters. The van der Waals surface area contributed by atoms with Gasteiger partial charge >= 0.3 is 6.18 Å². The summed E-state index contributed by atoms with van der Waals surface area (Å²) in [5.74, 6) is -0.310. The van der Waals surface area contributed by atoms with Gasteiger partial charge in [-0.3, -0.25) is 10.1 Å². The number of anilines is 1. The van der Waals surface area contributed by atoms with Gasteiger partial charge in [-0.1, -0.05) is 0 Å². The van der Waals surface area contributed by atoms with Gasteiger partial charge in [0.1, 0.15) is 6.29 Å². The number of hydrogen-bond donors (Lipinski definition) is 0. The summed E-state index contributed by atoms with van der Waals surface area (Å²) in [6.07, 6.45) is -2.69. The highest BCUT2D eigenvalue weighted by Gasteiger charge is 2.37. The number of nitro benzene ring substituents is 1. The number of non-ortho nitro benzene ring substituents is 1. The smallest absolute Gasteiger partial charge is 0.370 e. The Bertz CT molecular complexity index is 560. The Labute approximate surface area is 118 Å². The molecule has 8 heteroatoms. The first kappa shape index (κ1) is 15.3. The Morgan fingerprint density at radius 2 is 2.10 bits per heavy atom. The zero-order valence-corrected chi connectivity index (χ0v) is 11.0. The fraction of sp³-hybridized carbons (Fsp3) is 0.462. The maximum atomic E-state index is 13.1. The standard InChI is InChI=1S/C13H13F3N2O3/c14-13(15,16)11-6-10(18(20)21)3-4-12(11)17-5-1-2-9(7-17)8-19/h3-4,6,8-9H,1-2,5,7H2. The molecule has 1 fully saturated rings. The molecular weight excluding hydrogens is 289 g/mol. The molecule has 5 nitrogen and oxygen atoms in total. The summed E-state index contributed by atoms with van der Waals surface area (Å²) in [4.78, 5) is 22.1. The van der Waals surface area contributed by atoms with E-state index in [2.05, 4.69) is 0 Å². The predicted octanol–water partition coefficient (Wildman–Crippen LogP) is 3.03. The molecular formula is C13H13F3N2O3. The first-order chi connectivity index (χ1) is 9.82. The van der Waals surface area contributed by atoms with E-state index in [1.54, 1.807) is 0 Å². The molecule has 114 valence electrons. The molecule has 1 atom stereocenters. The summed E-state index contributed by atoms with van der Waals surface area (Å²) in [6.45, 7) is 0.593. The molecule has 0 amide bonds. The third kappa shape index (κ3) is 3.32. The summed E-state index contributed by atoms with van der Waals surface area (Å²) >= 11 is 0. The molecule has 0 saturated carbocycles. The van der Waals surface area contributed by atoms with Crippen LogP contribution in [0.5, 0.6) is 0 Å². The quantitative estimate of drug-likeness (QED) is 0.489. The highest BCUT2D eigenvalue weighted by atomic mass is 19.4. The number of alkyl halides is 3. The van der Waals surface area contributed by atoms with Crippen molar-refractivity contribution in [2.75, 3.05) is 18.0 Å². The molecule has 1 heterocycles. The highest BCUT2D eigenvalue weighted by molar-refractivity contribution is 5.62. The lowest BCUT2D eigenvalue weighted by Crippen LogP contribution is -2.37. The number of nitrogens with zero attached hydrogens (tertiary/aromatic N) is 2. The van der Waals surface area contributed by atoms with Crippen molar-refractivity contribution >= 4 is 17.7 Å². The largest absolute Gasteiger partial charge is 0.418 e. The lowest BCUT2D eigenvalue weighted by molar-refractivity contribution is -0.385. The van der Waals surface area contributed by atoms with Crippen LogP contribution in [0.2, 0.25) is 0 Å². The second-order valence-corrected chi connectivity index (χ2v) is 4.94. The Hall–Kier alpha value is -2.12. The van der Waals surface area contributed by atoms with Gasteiger partial charge < -0.3 is 9.69 Å². The van der Waals surface area contributed by atoms with Crippen LogP contribution in [0.1, 0.15) is 18.4 Å². The maximum Gasteiger partial charge on any atom is 0.418 e. The Balaban J connectivity index is 2.42. The average Bonchev–Trinajstić information content (AvgIpc) is 2.45. The zero-order chi connectivity index (χ0) is 15.6. The predicted molar refractivity (Wildman–Crippen MR) is 69.1 cm³/mol. The van der Waals surface area contributed by atoms with Crippen LogP contribution in [-0.2, 0) is 11.0 Å². The van der Waals surface area contributed by atoms with Crippen LogP contribution in [0.4, 0.5) is 24.5 Å². The number of carbonyl (C=O) groups excluding carboxylic acids is 1. The second kappa shape index (κ2) is 5.71. The van der Waals surface area contributed by atoms with E-state index < -0.39 is 22.4 Å². The first-order valence-corrected chi connectivity index (χ1v) is 6.39. The normalized spacial score (nSPS) is 19.4. The Kier molecular flexibility index (Phi) is 4.15. The monoisotopic (exact) mass is 302 g/mol. The van der Waals surface area contributed by atoms with E-state index in [4.69, 9.17) is 0 Å². The van der Waals surface area contributed by atoms with Gasteiger partial charge in [-0.25, -0.2) is 0 Å². The minimum Gasteiger partial charge on any atom is -0.370 e. The fourth-order valence-electron chi connectivity index (χ4n) is 2.48. The van der Waals surface area contributed by atoms with E-state index in [-0.39, 0.29) is 18.2 Å². The summed E-state index contributed by atoms with van der Waals surface area (Å²) in [6, 6.07) is 2.70. The van der Waals surface area contributed by atoms with E-state index in [1.807, 2.05) is 0 Å².